The molecule has 0 spiro atoms. The van der Waals surface area contributed by atoms with E-state index in [0.717, 1.165) is 5.56 Å². The lowest BCUT2D eigenvalue weighted by Crippen LogP contribution is -2.37. The van der Waals surface area contributed by atoms with Crippen molar-refractivity contribution < 1.29 is 19.2 Å². The summed E-state index contributed by atoms with van der Waals surface area (Å²) in [5.41, 5.74) is 2.94. The standard InChI is InChI=1S/C31H30N4O5/c1-22-8-6-9-25(20-22)33-31(37)34(26-14-16-28(17-15-26)40-27-10-4-3-5-11-27)19-7-18-32-30(36)24-13-12-23(2)29(21-24)35(38)39/h3-6,8-17,20-21H,7,18-19H2,1-2H3,(H,32,36)(H,33,37). The summed E-state index contributed by atoms with van der Waals surface area (Å²) in [5.74, 6) is 0.925. The number of para-hydroxylation sites is 1. The van der Waals surface area contributed by atoms with Crippen LogP contribution >= 0.6 is 0 Å². The van der Waals surface area contributed by atoms with Crippen molar-refractivity contribution in [3.05, 3.63) is 124 Å². The van der Waals surface area contributed by atoms with E-state index in [-0.39, 0.29) is 23.8 Å². The first-order chi connectivity index (χ1) is 19.3. The van der Waals surface area contributed by atoms with Gasteiger partial charge < -0.3 is 15.4 Å². The smallest absolute Gasteiger partial charge is 0.326 e. The van der Waals surface area contributed by atoms with Gasteiger partial charge in [0.05, 0.1) is 4.92 Å². The van der Waals surface area contributed by atoms with E-state index < -0.39 is 10.8 Å². The molecule has 0 aliphatic rings. The predicted molar refractivity (Wildman–Crippen MR) is 155 cm³/mol. The van der Waals surface area contributed by atoms with Crippen LogP contribution < -0.4 is 20.3 Å². The maximum atomic E-state index is 13.3. The molecule has 9 nitrogen and oxygen atoms in total. The molecule has 204 valence electrons. The van der Waals surface area contributed by atoms with Gasteiger partial charge in [-0.3, -0.25) is 19.8 Å². The Morgan fingerprint density at radius 2 is 1.60 bits per heavy atom. The Labute approximate surface area is 232 Å². The number of anilines is 2. The van der Waals surface area contributed by atoms with Crippen molar-refractivity contribution in [3.8, 4) is 11.5 Å². The third-order valence-electron chi connectivity index (χ3n) is 6.15. The lowest BCUT2D eigenvalue weighted by molar-refractivity contribution is -0.385. The van der Waals surface area contributed by atoms with E-state index in [1.807, 2.05) is 61.5 Å². The highest BCUT2D eigenvalue weighted by atomic mass is 16.6. The molecule has 4 rings (SSSR count). The summed E-state index contributed by atoms with van der Waals surface area (Å²) >= 11 is 0. The first-order valence-electron chi connectivity index (χ1n) is 12.8. The third kappa shape index (κ3) is 7.44. The Kier molecular flexibility index (Phi) is 9.09. The van der Waals surface area contributed by atoms with E-state index in [4.69, 9.17) is 4.74 Å². The zero-order valence-electron chi connectivity index (χ0n) is 22.3. The fraction of sp³-hybridized carbons (Fsp3) is 0.161. The minimum atomic E-state index is -0.507. The number of aryl methyl sites for hydroxylation is 2. The average Bonchev–Trinajstić information content (AvgIpc) is 2.94. The molecule has 0 aromatic heterocycles. The van der Waals surface area contributed by atoms with Gasteiger partial charge >= 0.3 is 6.03 Å². The minimum absolute atomic E-state index is 0.105. The Morgan fingerprint density at radius 3 is 2.30 bits per heavy atom. The van der Waals surface area contributed by atoms with Crippen LogP contribution in [0.3, 0.4) is 0 Å². The molecular formula is C31H30N4O5. The van der Waals surface area contributed by atoms with Crippen molar-refractivity contribution in [2.45, 2.75) is 20.3 Å². The molecule has 0 radical (unpaired) electrons. The molecule has 0 saturated heterocycles. The van der Waals surface area contributed by atoms with Crippen LogP contribution in [0.25, 0.3) is 0 Å². The Balaban J connectivity index is 1.43. The number of hydrogen-bond donors (Lipinski definition) is 2. The maximum Gasteiger partial charge on any atom is 0.326 e. The molecule has 0 aliphatic carbocycles. The molecule has 2 N–H and O–H groups in total. The van der Waals surface area contributed by atoms with Crippen LogP contribution in [0.15, 0.2) is 97.1 Å². The summed E-state index contributed by atoms with van der Waals surface area (Å²) in [6.45, 7) is 4.15. The highest BCUT2D eigenvalue weighted by Crippen LogP contribution is 2.25. The predicted octanol–water partition coefficient (Wildman–Crippen LogP) is 6.86. The molecule has 3 amide bonds. The van der Waals surface area contributed by atoms with E-state index in [0.29, 0.717) is 41.4 Å². The van der Waals surface area contributed by atoms with Gasteiger partial charge in [0.15, 0.2) is 0 Å². The monoisotopic (exact) mass is 538 g/mol. The van der Waals surface area contributed by atoms with E-state index in [2.05, 4.69) is 10.6 Å². The van der Waals surface area contributed by atoms with E-state index in [1.54, 1.807) is 48.2 Å². The van der Waals surface area contributed by atoms with Crippen molar-refractivity contribution in [3.63, 3.8) is 0 Å². The van der Waals surface area contributed by atoms with Crippen LogP contribution in [-0.4, -0.2) is 30.0 Å². The molecule has 0 aliphatic heterocycles. The fourth-order valence-electron chi connectivity index (χ4n) is 4.07. The second-order valence-corrected chi connectivity index (χ2v) is 9.23. The largest absolute Gasteiger partial charge is 0.457 e. The van der Waals surface area contributed by atoms with Crippen molar-refractivity contribution in [2.24, 2.45) is 0 Å². The van der Waals surface area contributed by atoms with Gasteiger partial charge in [-0.15, -0.1) is 0 Å². The summed E-state index contributed by atoms with van der Waals surface area (Å²) in [4.78, 5) is 38.2. The van der Waals surface area contributed by atoms with Gasteiger partial charge in [0.1, 0.15) is 11.5 Å². The number of nitro benzene ring substituents is 1. The van der Waals surface area contributed by atoms with Crippen molar-refractivity contribution in [2.75, 3.05) is 23.3 Å². The van der Waals surface area contributed by atoms with Gasteiger partial charge in [0, 0.05) is 41.7 Å². The summed E-state index contributed by atoms with van der Waals surface area (Å²) in [6.07, 6.45) is 0.448. The van der Waals surface area contributed by atoms with Crippen molar-refractivity contribution in [1.82, 2.24) is 5.32 Å². The van der Waals surface area contributed by atoms with Crippen LogP contribution in [0.1, 0.15) is 27.9 Å². The minimum Gasteiger partial charge on any atom is -0.457 e. The van der Waals surface area contributed by atoms with E-state index in [1.165, 1.54) is 6.07 Å². The van der Waals surface area contributed by atoms with Gasteiger partial charge in [-0.25, -0.2) is 4.79 Å². The van der Waals surface area contributed by atoms with E-state index >= 15 is 0 Å². The number of rotatable bonds is 10. The van der Waals surface area contributed by atoms with Crippen molar-refractivity contribution >= 4 is 29.0 Å². The molecule has 4 aromatic rings. The maximum absolute atomic E-state index is 13.3. The summed E-state index contributed by atoms with van der Waals surface area (Å²) < 4.78 is 5.87. The normalized spacial score (nSPS) is 10.4. The molecule has 40 heavy (non-hydrogen) atoms. The van der Waals surface area contributed by atoms with Gasteiger partial charge in [-0.05, 0) is 80.4 Å². The number of carbonyl (C=O) groups is 2. The van der Waals surface area contributed by atoms with Gasteiger partial charge in [-0.2, -0.15) is 0 Å². The topological polar surface area (TPSA) is 114 Å². The highest BCUT2D eigenvalue weighted by Gasteiger charge is 2.18. The molecule has 0 fully saturated rings. The van der Waals surface area contributed by atoms with Gasteiger partial charge in [0.25, 0.3) is 11.6 Å². The second kappa shape index (κ2) is 13.1. The van der Waals surface area contributed by atoms with Gasteiger partial charge in [-0.1, -0.05) is 36.4 Å². The zero-order valence-corrected chi connectivity index (χ0v) is 22.3. The number of benzene rings is 4. The molecule has 9 heteroatoms. The molecule has 4 aromatic carbocycles. The number of nitrogens with zero attached hydrogens (tertiary/aromatic N) is 2. The van der Waals surface area contributed by atoms with Crippen LogP contribution in [-0.2, 0) is 0 Å². The third-order valence-corrected chi connectivity index (χ3v) is 6.15. The summed E-state index contributed by atoms with van der Waals surface area (Å²) in [6, 6.07) is 28.2. The number of hydrogen-bond acceptors (Lipinski definition) is 5. The highest BCUT2D eigenvalue weighted by molar-refractivity contribution is 6.01. The molecule has 0 bridgehead atoms. The summed E-state index contributed by atoms with van der Waals surface area (Å²) in [5, 5.41) is 16.9. The second-order valence-electron chi connectivity index (χ2n) is 9.23. The summed E-state index contributed by atoms with van der Waals surface area (Å²) in [7, 11) is 0. The van der Waals surface area contributed by atoms with Gasteiger partial charge in [0.2, 0.25) is 0 Å². The first kappa shape index (κ1) is 27.8. The Hall–Kier alpha value is -5.18. The van der Waals surface area contributed by atoms with Crippen LogP contribution in [0.2, 0.25) is 0 Å². The van der Waals surface area contributed by atoms with E-state index in [9.17, 15) is 19.7 Å². The Bertz CT molecular complexity index is 1490. The number of urea groups is 1. The first-order valence-corrected chi connectivity index (χ1v) is 12.8. The molecule has 0 saturated carbocycles. The van der Waals surface area contributed by atoms with Crippen LogP contribution in [0.5, 0.6) is 11.5 Å². The molecule has 0 heterocycles. The molecule has 0 unspecified atom stereocenters. The van der Waals surface area contributed by atoms with Crippen LogP contribution in [0.4, 0.5) is 21.9 Å². The average molecular weight is 539 g/mol. The lowest BCUT2D eigenvalue weighted by Gasteiger charge is -2.24. The number of carbonyl (C=O) groups excluding carboxylic acids is 2. The number of ether oxygens (including phenoxy) is 1. The van der Waals surface area contributed by atoms with Crippen molar-refractivity contribution in [1.29, 1.82) is 0 Å². The number of amides is 3. The lowest BCUT2D eigenvalue weighted by atomic mass is 10.1. The van der Waals surface area contributed by atoms with Crippen LogP contribution in [0, 0.1) is 24.0 Å². The Morgan fingerprint density at radius 1 is 0.875 bits per heavy atom. The fourth-order valence-corrected chi connectivity index (χ4v) is 4.07. The number of nitro groups is 1. The quantitative estimate of drug-likeness (QED) is 0.130. The molecule has 0 atom stereocenters. The zero-order chi connectivity index (χ0) is 28.5. The number of nitrogens with one attached hydrogen (secondary N) is 2. The SMILES string of the molecule is Cc1cccc(NC(=O)N(CCCNC(=O)c2ccc(C)c([N+](=O)[O-])c2)c2ccc(Oc3ccccc3)cc2)c1. The molecular weight excluding hydrogens is 508 g/mol.